The molecule has 3 rings (SSSR count). The van der Waals surface area contributed by atoms with E-state index < -0.39 is 6.04 Å². The fourth-order valence-electron chi connectivity index (χ4n) is 2.81. The van der Waals surface area contributed by atoms with Crippen molar-refractivity contribution >= 4 is 46.4 Å². The van der Waals surface area contributed by atoms with Crippen LogP contribution in [0.4, 0.5) is 11.4 Å². The molecular formula is C18H16Cl2N2O2. The van der Waals surface area contributed by atoms with E-state index in [1.54, 1.807) is 24.3 Å². The SMILES string of the molecule is CCc1ccccc1N1C(=O)CC(Nc2ccc(Cl)c(Cl)c2)C1=O. The van der Waals surface area contributed by atoms with E-state index in [2.05, 4.69) is 5.32 Å². The molecule has 1 aliphatic rings. The molecule has 2 amide bonds. The molecule has 2 aromatic carbocycles. The third-order valence-electron chi connectivity index (χ3n) is 4.02. The van der Waals surface area contributed by atoms with E-state index in [0.717, 1.165) is 12.0 Å². The van der Waals surface area contributed by atoms with Crippen LogP contribution in [0.25, 0.3) is 0 Å². The summed E-state index contributed by atoms with van der Waals surface area (Å²) < 4.78 is 0. The molecule has 24 heavy (non-hydrogen) atoms. The predicted octanol–water partition coefficient (Wildman–Crippen LogP) is 4.30. The van der Waals surface area contributed by atoms with Crippen LogP contribution < -0.4 is 10.2 Å². The summed E-state index contributed by atoms with van der Waals surface area (Å²) in [5, 5.41) is 3.91. The molecule has 1 aliphatic heterocycles. The average molecular weight is 363 g/mol. The largest absolute Gasteiger partial charge is 0.373 e. The number of nitrogens with one attached hydrogen (secondary N) is 1. The highest BCUT2D eigenvalue weighted by Crippen LogP contribution is 2.30. The summed E-state index contributed by atoms with van der Waals surface area (Å²) in [6.45, 7) is 2.00. The Bertz CT molecular complexity index is 807. The van der Waals surface area contributed by atoms with Crippen LogP contribution in [0.15, 0.2) is 42.5 Å². The lowest BCUT2D eigenvalue weighted by Gasteiger charge is -2.19. The molecule has 124 valence electrons. The molecule has 2 aromatic rings. The Hall–Kier alpha value is -2.04. The standard InChI is InChI=1S/C18H16Cl2N2O2/c1-2-11-5-3-4-6-16(11)22-17(23)10-15(18(22)24)21-12-7-8-13(19)14(20)9-12/h3-9,15,21H,2,10H2,1H3. The van der Waals surface area contributed by atoms with Gasteiger partial charge in [0.2, 0.25) is 5.91 Å². The van der Waals surface area contributed by atoms with Crippen molar-refractivity contribution in [3.63, 3.8) is 0 Å². The number of carbonyl (C=O) groups excluding carboxylic acids is 2. The minimum absolute atomic E-state index is 0.108. The number of benzene rings is 2. The third-order valence-corrected chi connectivity index (χ3v) is 4.76. The van der Waals surface area contributed by atoms with E-state index in [4.69, 9.17) is 23.2 Å². The van der Waals surface area contributed by atoms with Crippen molar-refractivity contribution in [1.82, 2.24) is 0 Å². The summed E-state index contributed by atoms with van der Waals surface area (Å²) in [7, 11) is 0. The maximum atomic E-state index is 12.7. The van der Waals surface area contributed by atoms with Crippen LogP contribution >= 0.6 is 23.2 Å². The molecule has 1 N–H and O–H groups in total. The van der Waals surface area contributed by atoms with Gasteiger partial charge < -0.3 is 5.32 Å². The van der Waals surface area contributed by atoms with Gasteiger partial charge in [0.15, 0.2) is 0 Å². The van der Waals surface area contributed by atoms with Crippen LogP contribution in [0, 0.1) is 0 Å². The molecule has 0 bridgehead atoms. The molecule has 1 fully saturated rings. The van der Waals surface area contributed by atoms with Crippen LogP contribution in [0.3, 0.4) is 0 Å². The van der Waals surface area contributed by atoms with Crippen LogP contribution in [0.1, 0.15) is 18.9 Å². The maximum Gasteiger partial charge on any atom is 0.256 e. The zero-order chi connectivity index (χ0) is 17.3. The van der Waals surface area contributed by atoms with Crippen molar-refractivity contribution in [3.8, 4) is 0 Å². The minimum Gasteiger partial charge on any atom is -0.373 e. The van der Waals surface area contributed by atoms with Gasteiger partial charge in [-0.2, -0.15) is 0 Å². The first-order chi connectivity index (χ1) is 11.5. The number of halogens is 2. The molecule has 1 saturated heterocycles. The van der Waals surface area contributed by atoms with E-state index in [9.17, 15) is 9.59 Å². The van der Waals surface area contributed by atoms with Crippen molar-refractivity contribution in [2.75, 3.05) is 10.2 Å². The van der Waals surface area contributed by atoms with Gasteiger partial charge in [-0.1, -0.05) is 48.3 Å². The number of aryl methyl sites for hydroxylation is 1. The second kappa shape index (κ2) is 6.83. The number of carbonyl (C=O) groups is 2. The molecular weight excluding hydrogens is 347 g/mol. The Labute approximate surface area is 150 Å². The Morgan fingerprint density at radius 1 is 1.12 bits per heavy atom. The molecule has 0 aliphatic carbocycles. The lowest BCUT2D eigenvalue weighted by atomic mass is 10.1. The van der Waals surface area contributed by atoms with Crippen LogP contribution in [-0.4, -0.2) is 17.9 Å². The van der Waals surface area contributed by atoms with Crippen molar-refractivity contribution in [2.24, 2.45) is 0 Å². The fourth-order valence-corrected chi connectivity index (χ4v) is 3.11. The van der Waals surface area contributed by atoms with Gasteiger partial charge >= 0.3 is 0 Å². The number of hydrogen-bond donors (Lipinski definition) is 1. The Balaban J connectivity index is 1.85. The van der Waals surface area contributed by atoms with E-state index in [0.29, 0.717) is 21.4 Å². The number of nitrogens with zero attached hydrogens (tertiary/aromatic N) is 1. The fraction of sp³-hybridized carbons (Fsp3) is 0.222. The number of rotatable bonds is 4. The summed E-state index contributed by atoms with van der Waals surface area (Å²) >= 11 is 11.9. The molecule has 4 nitrogen and oxygen atoms in total. The van der Waals surface area contributed by atoms with Crippen molar-refractivity contribution in [2.45, 2.75) is 25.8 Å². The zero-order valence-corrected chi connectivity index (χ0v) is 14.6. The summed E-state index contributed by atoms with van der Waals surface area (Å²) in [6, 6.07) is 11.9. The number of hydrogen-bond acceptors (Lipinski definition) is 3. The van der Waals surface area contributed by atoms with Crippen LogP contribution in [0.2, 0.25) is 10.0 Å². The Kier molecular flexibility index (Phi) is 4.78. The maximum absolute atomic E-state index is 12.7. The van der Waals surface area contributed by atoms with E-state index in [-0.39, 0.29) is 18.2 Å². The first-order valence-electron chi connectivity index (χ1n) is 7.67. The average Bonchev–Trinajstić information content (AvgIpc) is 2.85. The smallest absolute Gasteiger partial charge is 0.256 e. The zero-order valence-electron chi connectivity index (χ0n) is 13.1. The number of imide groups is 1. The minimum atomic E-state index is -0.611. The summed E-state index contributed by atoms with van der Waals surface area (Å²) in [4.78, 5) is 26.4. The summed E-state index contributed by atoms with van der Waals surface area (Å²) in [6.07, 6.45) is 0.856. The van der Waals surface area contributed by atoms with Crippen LogP contribution in [0.5, 0.6) is 0 Å². The predicted molar refractivity (Wildman–Crippen MR) is 96.8 cm³/mol. The molecule has 0 saturated carbocycles. The van der Waals surface area contributed by atoms with Gasteiger partial charge in [0, 0.05) is 5.69 Å². The first-order valence-corrected chi connectivity index (χ1v) is 8.43. The lowest BCUT2D eigenvalue weighted by molar-refractivity contribution is -0.121. The second-order valence-electron chi connectivity index (χ2n) is 5.58. The number of anilines is 2. The molecule has 0 aromatic heterocycles. The van der Waals surface area contributed by atoms with Crippen molar-refractivity contribution in [3.05, 3.63) is 58.1 Å². The van der Waals surface area contributed by atoms with Gasteiger partial charge in [-0.25, -0.2) is 4.90 Å². The molecule has 0 radical (unpaired) electrons. The van der Waals surface area contributed by atoms with Crippen molar-refractivity contribution in [1.29, 1.82) is 0 Å². The highest BCUT2D eigenvalue weighted by atomic mass is 35.5. The van der Waals surface area contributed by atoms with Gasteiger partial charge in [-0.3, -0.25) is 9.59 Å². The van der Waals surface area contributed by atoms with Crippen LogP contribution in [-0.2, 0) is 16.0 Å². The van der Waals surface area contributed by atoms with Gasteiger partial charge in [0.1, 0.15) is 6.04 Å². The normalized spacial score (nSPS) is 17.5. The van der Waals surface area contributed by atoms with Gasteiger partial charge in [0.25, 0.3) is 5.91 Å². The molecule has 1 unspecified atom stereocenters. The van der Waals surface area contributed by atoms with Crippen molar-refractivity contribution < 1.29 is 9.59 Å². The Morgan fingerprint density at radius 3 is 2.58 bits per heavy atom. The summed E-state index contributed by atoms with van der Waals surface area (Å²) in [5.74, 6) is -0.467. The molecule has 1 atom stereocenters. The molecule has 6 heteroatoms. The number of para-hydroxylation sites is 1. The third kappa shape index (κ3) is 3.12. The van der Waals surface area contributed by atoms with E-state index in [1.807, 2.05) is 25.1 Å². The topological polar surface area (TPSA) is 49.4 Å². The molecule has 1 heterocycles. The lowest BCUT2D eigenvalue weighted by Crippen LogP contribution is -2.35. The quantitative estimate of drug-likeness (QED) is 0.824. The van der Waals surface area contributed by atoms with E-state index in [1.165, 1.54) is 4.90 Å². The Morgan fingerprint density at radius 2 is 1.88 bits per heavy atom. The van der Waals surface area contributed by atoms with Gasteiger partial charge in [-0.15, -0.1) is 0 Å². The summed E-state index contributed by atoms with van der Waals surface area (Å²) in [5.41, 5.74) is 2.28. The van der Waals surface area contributed by atoms with Gasteiger partial charge in [-0.05, 0) is 36.2 Å². The monoisotopic (exact) mass is 362 g/mol. The van der Waals surface area contributed by atoms with Gasteiger partial charge in [0.05, 0.1) is 22.2 Å². The highest BCUT2D eigenvalue weighted by Gasteiger charge is 2.40. The second-order valence-corrected chi connectivity index (χ2v) is 6.39. The first kappa shape index (κ1) is 16.8. The van der Waals surface area contributed by atoms with E-state index >= 15 is 0 Å². The number of amides is 2. The molecule has 0 spiro atoms. The highest BCUT2D eigenvalue weighted by molar-refractivity contribution is 6.42.